The van der Waals surface area contributed by atoms with Crippen molar-refractivity contribution >= 4 is 22.0 Å². The van der Waals surface area contributed by atoms with Crippen LogP contribution in [0.3, 0.4) is 0 Å². The van der Waals surface area contributed by atoms with Gasteiger partial charge in [-0.25, -0.2) is 13.2 Å². The number of nitrogens with zero attached hydrogens (tertiary/aromatic N) is 3. The third-order valence-corrected chi connectivity index (χ3v) is 10.7. The van der Waals surface area contributed by atoms with E-state index in [1.54, 1.807) is 35.2 Å². The van der Waals surface area contributed by atoms with E-state index < -0.39 is 15.6 Å². The molecule has 2 saturated heterocycles. The predicted octanol–water partition coefficient (Wildman–Crippen LogP) is 5.56. The zero-order valence-electron chi connectivity index (χ0n) is 24.9. The van der Waals surface area contributed by atoms with Gasteiger partial charge in [0.15, 0.2) is 0 Å². The standard InChI is InChI=1S/C32H43N3O5S/c1-23(2)26-13-9-10-14-27(26)28-21-34(41(38,39)25-11-7-6-8-12-25)22-29(36)35(28)24-19-32(20-24)15-17-33(18-16-32)30(37)40-31(3,4)5/h6-14,23-24,28H,15-22H2,1-5H3. The second-order valence-corrected chi connectivity index (χ2v) is 15.2. The third-order valence-electron chi connectivity index (χ3n) is 8.88. The highest BCUT2D eigenvalue weighted by Gasteiger charge is 2.53. The quantitative estimate of drug-likeness (QED) is 0.461. The number of piperidine rings is 1. The minimum absolute atomic E-state index is 0.0439. The molecule has 0 radical (unpaired) electrons. The van der Waals surface area contributed by atoms with Crippen molar-refractivity contribution in [3.63, 3.8) is 0 Å². The molecule has 0 aromatic heterocycles. The van der Waals surface area contributed by atoms with E-state index in [4.69, 9.17) is 4.74 Å². The second-order valence-electron chi connectivity index (χ2n) is 13.2. The van der Waals surface area contributed by atoms with Crippen LogP contribution in [0.5, 0.6) is 0 Å². The molecule has 2 aliphatic heterocycles. The van der Waals surface area contributed by atoms with Gasteiger partial charge in [-0.15, -0.1) is 0 Å². The molecular formula is C32H43N3O5S. The van der Waals surface area contributed by atoms with Gasteiger partial charge >= 0.3 is 6.09 Å². The first kappa shape index (κ1) is 29.6. The Balaban J connectivity index is 1.37. The summed E-state index contributed by atoms with van der Waals surface area (Å²) in [5, 5.41) is 0. The lowest BCUT2D eigenvalue weighted by molar-refractivity contribution is -0.150. The van der Waals surface area contributed by atoms with E-state index in [9.17, 15) is 18.0 Å². The zero-order chi connectivity index (χ0) is 29.6. The Morgan fingerprint density at radius 3 is 2.20 bits per heavy atom. The molecule has 3 aliphatic rings. The van der Waals surface area contributed by atoms with Gasteiger partial charge in [-0.3, -0.25) is 4.79 Å². The number of likely N-dealkylation sites (tertiary alicyclic amines) is 1. The number of piperazine rings is 1. The lowest BCUT2D eigenvalue weighted by Crippen LogP contribution is -2.62. The summed E-state index contributed by atoms with van der Waals surface area (Å²) in [6.07, 6.45) is 3.23. The number of hydrogen-bond acceptors (Lipinski definition) is 5. The Morgan fingerprint density at radius 1 is 0.976 bits per heavy atom. The average Bonchev–Trinajstić information content (AvgIpc) is 2.91. The van der Waals surface area contributed by atoms with E-state index in [1.165, 1.54) is 4.31 Å². The Labute approximate surface area is 244 Å². The molecule has 1 atom stereocenters. The van der Waals surface area contributed by atoms with Crippen LogP contribution >= 0.6 is 0 Å². The molecule has 8 nitrogen and oxygen atoms in total. The number of benzene rings is 2. The van der Waals surface area contributed by atoms with E-state index >= 15 is 0 Å². The molecule has 3 fully saturated rings. The summed E-state index contributed by atoms with van der Waals surface area (Å²) in [4.78, 5) is 30.5. The molecule has 9 heteroatoms. The second kappa shape index (κ2) is 11.1. The molecule has 2 aromatic rings. The van der Waals surface area contributed by atoms with Crippen molar-refractivity contribution in [3.05, 3.63) is 65.7 Å². The first-order chi connectivity index (χ1) is 19.3. The number of ether oxygens (including phenoxy) is 1. The number of sulfonamides is 1. The number of carbonyl (C=O) groups is 2. The average molecular weight is 582 g/mol. The van der Waals surface area contributed by atoms with E-state index in [0.29, 0.717) is 13.1 Å². The fourth-order valence-corrected chi connectivity index (χ4v) is 8.17. The maximum Gasteiger partial charge on any atom is 0.410 e. The van der Waals surface area contributed by atoms with Crippen molar-refractivity contribution in [2.45, 2.75) is 88.8 Å². The molecule has 1 aliphatic carbocycles. The van der Waals surface area contributed by atoms with Crippen LogP contribution in [0.15, 0.2) is 59.5 Å². The molecular weight excluding hydrogens is 538 g/mol. The van der Waals surface area contributed by atoms with Gasteiger partial charge in [0, 0.05) is 25.7 Å². The topological polar surface area (TPSA) is 87.2 Å². The van der Waals surface area contributed by atoms with Crippen LogP contribution in [-0.2, 0) is 19.6 Å². The molecule has 0 bridgehead atoms. The van der Waals surface area contributed by atoms with E-state index in [-0.39, 0.29) is 53.4 Å². The first-order valence-electron chi connectivity index (χ1n) is 14.7. The minimum Gasteiger partial charge on any atom is -0.444 e. The van der Waals surface area contributed by atoms with Crippen molar-refractivity contribution in [3.8, 4) is 0 Å². The SMILES string of the molecule is CC(C)c1ccccc1C1CN(S(=O)(=O)c2ccccc2)CC(=O)N1C1CC2(CCN(C(=O)OC(C)(C)C)CC2)C1. The lowest BCUT2D eigenvalue weighted by atomic mass is 9.59. The van der Waals surface area contributed by atoms with E-state index in [2.05, 4.69) is 19.9 Å². The summed E-state index contributed by atoms with van der Waals surface area (Å²) in [6.45, 7) is 11.3. The van der Waals surface area contributed by atoms with Gasteiger partial charge in [-0.2, -0.15) is 4.31 Å². The molecule has 5 rings (SSSR count). The van der Waals surface area contributed by atoms with Crippen molar-refractivity contribution in [1.29, 1.82) is 0 Å². The molecule has 2 aromatic carbocycles. The molecule has 41 heavy (non-hydrogen) atoms. The number of carbonyl (C=O) groups excluding carboxylic acids is 2. The highest BCUT2D eigenvalue weighted by Crippen LogP contribution is 2.53. The maximum absolute atomic E-state index is 13.9. The van der Waals surface area contributed by atoms with Crippen LogP contribution in [0.4, 0.5) is 4.79 Å². The normalized spacial score (nSPS) is 22.2. The smallest absolute Gasteiger partial charge is 0.410 e. The van der Waals surface area contributed by atoms with Crippen LogP contribution in [0, 0.1) is 5.41 Å². The monoisotopic (exact) mass is 581 g/mol. The van der Waals surface area contributed by atoms with Crippen molar-refractivity contribution in [2.75, 3.05) is 26.2 Å². The Hall–Kier alpha value is -2.91. The summed E-state index contributed by atoms with van der Waals surface area (Å²) >= 11 is 0. The van der Waals surface area contributed by atoms with Crippen LogP contribution in [0.1, 0.15) is 83.4 Å². The summed E-state index contributed by atoms with van der Waals surface area (Å²) in [5.74, 6) is 0.0829. The van der Waals surface area contributed by atoms with Crippen LogP contribution in [0.25, 0.3) is 0 Å². The molecule has 1 unspecified atom stereocenters. The fraction of sp³-hybridized carbons (Fsp3) is 0.562. The Kier molecular flexibility index (Phi) is 7.98. The van der Waals surface area contributed by atoms with Crippen LogP contribution < -0.4 is 0 Å². The highest BCUT2D eigenvalue weighted by atomic mass is 32.2. The van der Waals surface area contributed by atoms with Crippen LogP contribution in [0.2, 0.25) is 0 Å². The number of amides is 2. The van der Waals surface area contributed by atoms with Gasteiger partial charge in [0.25, 0.3) is 0 Å². The van der Waals surface area contributed by atoms with Gasteiger partial charge in [0.2, 0.25) is 15.9 Å². The summed E-state index contributed by atoms with van der Waals surface area (Å²) in [7, 11) is -3.82. The molecule has 222 valence electrons. The van der Waals surface area contributed by atoms with Crippen LogP contribution in [-0.4, -0.2) is 72.3 Å². The van der Waals surface area contributed by atoms with Crippen molar-refractivity contribution in [1.82, 2.24) is 14.1 Å². The number of rotatable bonds is 5. The van der Waals surface area contributed by atoms with E-state index in [1.807, 2.05) is 43.9 Å². The third kappa shape index (κ3) is 6.02. The van der Waals surface area contributed by atoms with Crippen molar-refractivity contribution < 1.29 is 22.7 Å². The van der Waals surface area contributed by atoms with Gasteiger partial charge in [0.05, 0.1) is 17.5 Å². The van der Waals surface area contributed by atoms with E-state index in [0.717, 1.165) is 36.8 Å². The van der Waals surface area contributed by atoms with Gasteiger partial charge in [0.1, 0.15) is 5.60 Å². The van der Waals surface area contributed by atoms with Gasteiger partial charge in [-0.1, -0.05) is 56.3 Å². The zero-order valence-corrected chi connectivity index (χ0v) is 25.7. The summed E-state index contributed by atoms with van der Waals surface area (Å²) < 4.78 is 34.2. The Morgan fingerprint density at radius 2 is 1.59 bits per heavy atom. The lowest BCUT2D eigenvalue weighted by Gasteiger charge is -2.57. The molecule has 1 saturated carbocycles. The molecule has 1 spiro atoms. The largest absolute Gasteiger partial charge is 0.444 e. The maximum atomic E-state index is 13.9. The predicted molar refractivity (Wildman–Crippen MR) is 158 cm³/mol. The molecule has 2 heterocycles. The molecule has 2 amide bonds. The number of hydrogen-bond donors (Lipinski definition) is 0. The highest BCUT2D eigenvalue weighted by molar-refractivity contribution is 7.89. The summed E-state index contributed by atoms with van der Waals surface area (Å²) in [6, 6.07) is 16.2. The van der Waals surface area contributed by atoms with Gasteiger partial charge < -0.3 is 14.5 Å². The van der Waals surface area contributed by atoms with Crippen molar-refractivity contribution in [2.24, 2.45) is 5.41 Å². The first-order valence-corrected chi connectivity index (χ1v) is 16.2. The fourth-order valence-electron chi connectivity index (χ4n) is 6.76. The summed E-state index contributed by atoms with van der Waals surface area (Å²) in [5.41, 5.74) is 1.73. The minimum atomic E-state index is -3.82. The molecule has 0 N–H and O–H groups in total. The Bertz CT molecular complexity index is 1370. The van der Waals surface area contributed by atoms with Gasteiger partial charge in [-0.05, 0) is 81.0 Å².